The number of hydrogen-bond donors (Lipinski definition) is 1. The summed E-state index contributed by atoms with van der Waals surface area (Å²) in [5, 5.41) is 9.11. The van der Waals surface area contributed by atoms with Crippen molar-refractivity contribution in [1.82, 2.24) is 0 Å². The first-order chi connectivity index (χ1) is 17.9. The number of hydrogen-bond acceptors (Lipinski definition) is 7. The van der Waals surface area contributed by atoms with Crippen LogP contribution in [-0.4, -0.2) is 44.2 Å². The van der Waals surface area contributed by atoms with E-state index in [1.807, 2.05) is 24.3 Å². The molecule has 0 spiro atoms. The zero-order chi connectivity index (χ0) is 27.0. The highest BCUT2D eigenvalue weighted by atomic mass is 16.7. The normalized spacial score (nSPS) is 15.6. The Labute approximate surface area is 219 Å². The smallest absolute Gasteiger partial charge is 0.325 e. The van der Waals surface area contributed by atoms with Gasteiger partial charge in [-0.15, -0.1) is 11.8 Å². The second-order valence-electron chi connectivity index (χ2n) is 8.15. The van der Waals surface area contributed by atoms with Crippen LogP contribution < -0.4 is 4.74 Å². The molecule has 1 saturated heterocycles. The molecule has 3 atom stereocenters. The number of phenols is 1. The van der Waals surface area contributed by atoms with E-state index in [1.165, 1.54) is 26.4 Å². The van der Waals surface area contributed by atoms with Crippen molar-refractivity contribution in [3.8, 4) is 35.2 Å². The van der Waals surface area contributed by atoms with E-state index in [-0.39, 0.29) is 30.3 Å². The second kappa shape index (κ2) is 15.9. The van der Waals surface area contributed by atoms with Crippen LogP contribution in [0.15, 0.2) is 48.5 Å². The fourth-order valence-corrected chi connectivity index (χ4v) is 3.62. The summed E-state index contributed by atoms with van der Waals surface area (Å²) in [5.41, 5.74) is 1.70. The molecule has 0 amide bonds. The predicted molar refractivity (Wildman–Crippen MR) is 140 cm³/mol. The van der Waals surface area contributed by atoms with E-state index in [0.29, 0.717) is 5.56 Å². The largest absolute Gasteiger partial charge is 0.508 e. The van der Waals surface area contributed by atoms with Crippen molar-refractivity contribution in [2.75, 3.05) is 20.8 Å². The van der Waals surface area contributed by atoms with E-state index in [4.69, 9.17) is 19.3 Å². The van der Waals surface area contributed by atoms with E-state index in [9.17, 15) is 9.59 Å². The SMILES string of the molecule is CC#C[C@@H](C(=O)OC)c1ccc(O)cc1.CC#C[C@@H](CC(=O)OC)c1ccc(OC2CCCCO2)cc1. The van der Waals surface area contributed by atoms with Crippen molar-refractivity contribution in [3.05, 3.63) is 59.7 Å². The molecule has 2 aromatic rings. The van der Waals surface area contributed by atoms with Crippen LogP contribution in [0.3, 0.4) is 0 Å². The molecule has 0 aromatic heterocycles. The Morgan fingerprint density at radius 1 is 0.946 bits per heavy atom. The van der Waals surface area contributed by atoms with Crippen LogP contribution in [0.4, 0.5) is 0 Å². The Hall–Kier alpha value is -3.94. The highest BCUT2D eigenvalue weighted by Crippen LogP contribution is 2.25. The lowest BCUT2D eigenvalue weighted by Crippen LogP contribution is -2.24. The number of aromatic hydroxyl groups is 1. The average Bonchev–Trinajstić information content (AvgIpc) is 2.93. The van der Waals surface area contributed by atoms with Gasteiger partial charge in [0.05, 0.1) is 33.2 Å². The molecule has 1 aliphatic rings. The van der Waals surface area contributed by atoms with Gasteiger partial charge < -0.3 is 24.1 Å². The molecule has 0 bridgehead atoms. The zero-order valence-corrected chi connectivity index (χ0v) is 21.8. The highest BCUT2D eigenvalue weighted by molar-refractivity contribution is 5.81. The molecule has 1 fully saturated rings. The van der Waals surface area contributed by atoms with E-state index < -0.39 is 11.9 Å². The first kappa shape index (κ1) is 29.3. The highest BCUT2D eigenvalue weighted by Gasteiger charge is 2.19. The minimum Gasteiger partial charge on any atom is -0.508 e. The molecule has 0 aliphatic carbocycles. The predicted octanol–water partition coefficient (Wildman–Crippen LogP) is 4.93. The fraction of sp³-hybridized carbons (Fsp3) is 0.400. The Kier molecular flexibility index (Phi) is 12.6. The van der Waals surface area contributed by atoms with Crippen molar-refractivity contribution in [2.45, 2.75) is 57.7 Å². The molecular formula is C30H34O7. The van der Waals surface area contributed by atoms with E-state index >= 15 is 0 Å². The average molecular weight is 507 g/mol. The summed E-state index contributed by atoms with van der Waals surface area (Å²) in [6.07, 6.45) is 3.26. The third kappa shape index (κ3) is 9.91. The minimum absolute atomic E-state index is 0.152. The Morgan fingerprint density at radius 2 is 1.59 bits per heavy atom. The summed E-state index contributed by atoms with van der Waals surface area (Å²) in [7, 11) is 2.72. The molecule has 3 rings (SSSR count). The molecule has 1 N–H and O–H groups in total. The zero-order valence-electron chi connectivity index (χ0n) is 21.8. The lowest BCUT2D eigenvalue weighted by atomic mass is 9.96. The summed E-state index contributed by atoms with van der Waals surface area (Å²) < 4.78 is 20.7. The summed E-state index contributed by atoms with van der Waals surface area (Å²) in [6.45, 7) is 4.19. The molecule has 37 heavy (non-hydrogen) atoms. The van der Waals surface area contributed by atoms with Gasteiger partial charge in [-0.3, -0.25) is 9.59 Å². The van der Waals surface area contributed by atoms with Crippen LogP contribution in [-0.2, 0) is 23.8 Å². The molecule has 7 heteroatoms. The number of esters is 2. The van der Waals surface area contributed by atoms with Gasteiger partial charge in [0, 0.05) is 6.42 Å². The van der Waals surface area contributed by atoms with Crippen molar-refractivity contribution >= 4 is 11.9 Å². The maximum atomic E-state index is 11.5. The fourth-order valence-electron chi connectivity index (χ4n) is 3.62. The first-order valence-electron chi connectivity index (χ1n) is 12.1. The summed E-state index contributed by atoms with van der Waals surface area (Å²) in [5.74, 6) is 10.9. The standard InChI is InChI=1S/C18H22O4.C12H12O3/c1-3-6-15(13-17(19)20-2)14-8-10-16(11-9-14)22-18-7-4-5-12-21-18;1-3-4-11(12(14)15-2)9-5-7-10(13)8-6-9/h8-11,15,18H,4-5,7,12-13H2,1-2H3;5-8,11,13H,1-2H3/t15-,18?;11-/m01/s1. The van der Waals surface area contributed by atoms with Gasteiger partial charge in [0.1, 0.15) is 17.4 Å². The van der Waals surface area contributed by atoms with Gasteiger partial charge in [-0.05, 0) is 62.1 Å². The Balaban J connectivity index is 0.000000281. The third-order valence-electron chi connectivity index (χ3n) is 5.56. The van der Waals surface area contributed by atoms with Crippen molar-refractivity contribution in [3.63, 3.8) is 0 Å². The molecule has 1 heterocycles. The van der Waals surface area contributed by atoms with Crippen LogP contribution in [0, 0.1) is 23.7 Å². The van der Waals surface area contributed by atoms with Crippen molar-refractivity contribution in [1.29, 1.82) is 0 Å². The molecule has 196 valence electrons. The maximum absolute atomic E-state index is 11.5. The van der Waals surface area contributed by atoms with Crippen LogP contribution in [0.2, 0.25) is 0 Å². The number of methoxy groups -OCH3 is 2. The number of rotatable bonds is 7. The Bertz CT molecular complexity index is 1110. The molecular weight excluding hydrogens is 472 g/mol. The number of ether oxygens (including phenoxy) is 4. The monoisotopic (exact) mass is 506 g/mol. The number of phenolic OH excluding ortho intramolecular Hbond substituents is 1. The molecule has 2 aromatic carbocycles. The molecule has 7 nitrogen and oxygen atoms in total. The van der Waals surface area contributed by atoms with Crippen LogP contribution in [0.1, 0.15) is 62.5 Å². The molecule has 0 saturated carbocycles. The lowest BCUT2D eigenvalue weighted by molar-refractivity contribution is -0.141. The second-order valence-corrected chi connectivity index (χ2v) is 8.15. The van der Waals surface area contributed by atoms with E-state index in [1.54, 1.807) is 26.0 Å². The van der Waals surface area contributed by atoms with Crippen LogP contribution in [0.25, 0.3) is 0 Å². The molecule has 1 unspecified atom stereocenters. The van der Waals surface area contributed by atoms with Crippen molar-refractivity contribution < 1.29 is 33.6 Å². The van der Waals surface area contributed by atoms with Gasteiger partial charge in [-0.1, -0.05) is 36.1 Å². The van der Waals surface area contributed by atoms with E-state index in [2.05, 4.69) is 28.4 Å². The molecule has 0 radical (unpaired) electrons. The van der Waals surface area contributed by atoms with Crippen molar-refractivity contribution in [2.24, 2.45) is 0 Å². The van der Waals surface area contributed by atoms with Gasteiger partial charge in [0.2, 0.25) is 0 Å². The topological polar surface area (TPSA) is 91.3 Å². The van der Waals surface area contributed by atoms with Crippen LogP contribution in [0.5, 0.6) is 11.5 Å². The van der Waals surface area contributed by atoms with Gasteiger partial charge in [0.15, 0.2) is 6.29 Å². The van der Waals surface area contributed by atoms with E-state index in [0.717, 1.165) is 37.2 Å². The number of carbonyl (C=O) groups is 2. The van der Waals surface area contributed by atoms with Gasteiger partial charge in [0.25, 0.3) is 0 Å². The molecule has 1 aliphatic heterocycles. The van der Waals surface area contributed by atoms with Crippen LogP contribution >= 0.6 is 0 Å². The summed E-state index contributed by atoms with van der Waals surface area (Å²) in [6, 6.07) is 14.0. The quantitative estimate of drug-likeness (QED) is 0.420. The maximum Gasteiger partial charge on any atom is 0.325 e. The number of carbonyl (C=O) groups excluding carboxylic acids is 2. The van der Waals surface area contributed by atoms with Gasteiger partial charge in [-0.25, -0.2) is 0 Å². The minimum atomic E-state index is -0.583. The Morgan fingerprint density at radius 3 is 2.14 bits per heavy atom. The van der Waals surface area contributed by atoms with Gasteiger partial charge >= 0.3 is 11.9 Å². The first-order valence-corrected chi connectivity index (χ1v) is 12.1. The summed E-state index contributed by atoms with van der Waals surface area (Å²) in [4.78, 5) is 22.9. The number of benzene rings is 2. The lowest BCUT2D eigenvalue weighted by Gasteiger charge is -2.23. The third-order valence-corrected chi connectivity index (χ3v) is 5.56. The van der Waals surface area contributed by atoms with Gasteiger partial charge in [-0.2, -0.15) is 0 Å². The summed E-state index contributed by atoms with van der Waals surface area (Å²) >= 11 is 0.